The van der Waals surface area contributed by atoms with Gasteiger partial charge in [-0.2, -0.15) is 0 Å². The number of carbonyl (C=O) groups excluding carboxylic acids is 2. The minimum Gasteiger partial charge on any atom is -0.491 e. The molecule has 0 radical (unpaired) electrons. The summed E-state index contributed by atoms with van der Waals surface area (Å²) in [5, 5.41) is 13.0. The zero-order valence-electron chi connectivity index (χ0n) is 17.6. The fourth-order valence-electron chi connectivity index (χ4n) is 3.43. The molecule has 1 fully saturated rings. The van der Waals surface area contributed by atoms with Crippen LogP contribution >= 0.6 is 0 Å². The Morgan fingerprint density at radius 1 is 1.10 bits per heavy atom. The number of nitrogens with zero attached hydrogens (tertiary/aromatic N) is 2. The Balaban J connectivity index is 1.34. The monoisotopic (exact) mass is 429 g/mol. The number of nitrogens with one attached hydrogen (secondary N) is 1. The van der Waals surface area contributed by atoms with Crippen molar-refractivity contribution in [2.75, 3.05) is 51.2 Å². The van der Waals surface area contributed by atoms with Crippen LogP contribution in [0.15, 0.2) is 48.5 Å². The first-order chi connectivity index (χ1) is 14.9. The van der Waals surface area contributed by atoms with Gasteiger partial charge >= 0.3 is 0 Å². The van der Waals surface area contributed by atoms with E-state index in [9.17, 15) is 19.1 Å². The lowest BCUT2D eigenvalue weighted by molar-refractivity contribution is -0.117. The largest absolute Gasteiger partial charge is 0.491 e. The topological polar surface area (TPSA) is 82.1 Å². The van der Waals surface area contributed by atoms with Gasteiger partial charge in [0.15, 0.2) is 5.78 Å². The molecule has 0 aromatic heterocycles. The van der Waals surface area contributed by atoms with Gasteiger partial charge < -0.3 is 15.2 Å². The summed E-state index contributed by atoms with van der Waals surface area (Å²) in [6.07, 6.45) is -0.643. The Kier molecular flexibility index (Phi) is 8.11. The van der Waals surface area contributed by atoms with Gasteiger partial charge in [0.2, 0.25) is 5.91 Å². The number of rotatable bonds is 9. The maximum Gasteiger partial charge on any atom is 0.238 e. The number of β-amino-alcohol motifs (C(OH)–C–C–N with tert-alkyl or cyclic N) is 1. The van der Waals surface area contributed by atoms with E-state index >= 15 is 0 Å². The number of ether oxygens (including phenoxy) is 1. The number of hydrogen-bond donors (Lipinski definition) is 2. The second-order valence-electron chi connectivity index (χ2n) is 7.68. The highest BCUT2D eigenvalue weighted by molar-refractivity contribution is 5.94. The van der Waals surface area contributed by atoms with Crippen LogP contribution in [0, 0.1) is 5.82 Å². The molecule has 1 heterocycles. The van der Waals surface area contributed by atoms with Crippen molar-refractivity contribution in [1.29, 1.82) is 0 Å². The molecule has 1 amide bonds. The van der Waals surface area contributed by atoms with Crippen LogP contribution in [0.25, 0.3) is 0 Å². The Hall–Kier alpha value is -2.81. The highest BCUT2D eigenvalue weighted by atomic mass is 19.1. The van der Waals surface area contributed by atoms with E-state index in [1.165, 1.54) is 19.1 Å². The number of Topliss-reactive ketones (excluding diaryl/α,β-unsaturated/α-hetero) is 1. The number of anilines is 1. The molecule has 1 aliphatic heterocycles. The van der Waals surface area contributed by atoms with Gasteiger partial charge in [-0.3, -0.25) is 19.4 Å². The highest BCUT2D eigenvalue weighted by Crippen LogP contribution is 2.13. The molecule has 0 unspecified atom stereocenters. The maximum absolute atomic E-state index is 13.2. The molecular weight excluding hydrogens is 401 g/mol. The lowest BCUT2D eigenvalue weighted by atomic mass is 10.1. The summed E-state index contributed by atoms with van der Waals surface area (Å²) >= 11 is 0. The van der Waals surface area contributed by atoms with Gasteiger partial charge in [-0.05, 0) is 49.4 Å². The number of carbonyl (C=O) groups is 2. The molecule has 8 heteroatoms. The van der Waals surface area contributed by atoms with Crippen molar-refractivity contribution >= 4 is 17.4 Å². The lowest BCUT2D eigenvalue weighted by Gasteiger charge is -2.35. The van der Waals surface area contributed by atoms with Crippen molar-refractivity contribution in [1.82, 2.24) is 9.80 Å². The number of hydrogen-bond acceptors (Lipinski definition) is 6. The predicted molar refractivity (Wildman–Crippen MR) is 116 cm³/mol. The van der Waals surface area contributed by atoms with Crippen LogP contribution in [0.1, 0.15) is 17.3 Å². The van der Waals surface area contributed by atoms with Crippen LogP contribution < -0.4 is 10.1 Å². The van der Waals surface area contributed by atoms with Gasteiger partial charge in [0.1, 0.15) is 24.3 Å². The van der Waals surface area contributed by atoms with Gasteiger partial charge in [-0.15, -0.1) is 0 Å². The number of piperazine rings is 1. The van der Waals surface area contributed by atoms with Crippen LogP contribution in [0.4, 0.5) is 10.1 Å². The van der Waals surface area contributed by atoms with Crippen LogP contribution in [0.2, 0.25) is 0 Å². The summed E-state index contributed by atoms with van der Waals surface area (Å²) < 4.78 is 18.8. The molecule has 0 aliphatic carbocycles. The van der Waals surface area contributed by atoms with E-state index in [0.717, 1.165) is 13.1 Å². The molecule has 2 aromatic rings. The molecule has 31 heavy (non-hydrogen) atoms. The van der Waals surface area contributed by atoms with Crippen molar-refractivity contribution in [3.63, 3.8) is 0 Å². The molecule has 0 saturated carbocycles. The molecule has 2 aromatic carbocycles. The summed E-state index contributed by atoms with van der Waals surface area (Å²) in [6.45, 7) is 5.27. The van der Waals surface area contributed by atoms with Gasteiger partial charge in [0.05, 0.1) is 6.54 Å². The first-order valence-electron chi connectivity index (χ1n) is 10.3. The van der Waals surface area contributed by atoms with E-state index in [0.29, 0.717) is 36.6 Å². The molecule has 1 atom stereocenters. The van der Waals surface area contributed by atoms with E-state index in [4.69, 9.17) is 4.74 Å². The lowest BCUT2D eigenvalue weighted by Crippen LogP contribution is -2.50. The third-order valence-corrected chi connectivity index (χ3v) is 5.11. The number of halogens is 1. The summed E-state index contributed by atoms with van der Waals surface area (Å²) in [7, 11) is 0. The summed E-state index contributed by atoms with van der Waals surface area (Å²) in [5.41, 5.74) is 1.07. The second-order valence-corrected chi connectivity index (χ2v) is 7.68. The molecule has 7 nitrogen and oxygen atoms in total. The molecule has 3 rings (SSSR count). The Morgan fingerprint density at radius 2 is 1.77 bits per heavy atom. The van der Waals surface area contributed by atoms with E-state index in [1.54, 1.807) is 36.4 Å². The third kappa shape index (κ3) is 7.43. The predicted octanol–water partition coefficient (Wildman–Crippen LogP) is 2.02. The first-order valence-corrected chi connectivity index (χ1v) is 10.3. The average molecular weight is 429 g/mol. The molecule has 1 saturated heterocycles. The molecular formula is C23H28FN3O4. The smallest absolute Gasteiger partial charge is 0.238 e. The quantitative estimate of drug-likeness (QED) is 0.594. The molecule has 0 spiro atoms. The molecule has 0 bridgehead atoms. The minimum atomic E-state index is -0.643. The second kappa shape index (κ2) is 11.0. The normalized spacial score (nSPS) is 16.0. The number of aliphatic hydroxyl groups excluding tert-OH is 1. The van der Waals surface area contributed by atoms with Gasteiger partial charge in [-0.25, -0.2) is 4.39 Å². The Labute approximate surface area is 181 Å². The SMILES string of the molecule is CC(=O)c1ccc(OC[C@@H](O)CN2CCN(CC(=O)Nc3cccc(F)c3)CC2)cc1. The molecule has 2 N–H and O–H groups in total. The van der Waals surface area contributed by atoms with Crippen molar-refractivity contribution in [2.24, 2.45) is 0 Å². The fourth-order valence-corrected chi connectivity index (χ4v) is 3.43. The van der Waals surface area contributed by atoms with Crippen molar-refractivity contribution in [2.45, 2.75) is 13.0 Å². The highest BCUT2D eigenvalue weighted by Gasteiger charge is 2.21. The van der Waals surface area contributed by atoms with E-state index < -0.39 is 6.10 Å². The average Bonchev–Trinajstić information content (AvgIpc) is 2.74. The molecule has 1 aliphatic rings. The first kappa shape index (κ1) is 22.9. The van der Waals surface area contributed by atoms with Crippen LogP contribution in [-0.4, -0.2) is 78.6 Å². The van der Waals surface area contributed by atoms with Crippen molar-refractivity contribution in [3.8, 4) is 5.75 Å². The van der Waals surface area contributed by atoms with E-state index in [2.05, 4.69) is 10.2 Å². The van der Waals surface area contributed by atoms with Crippen molar-refractivity contribution < 1.29 is 23.8 Å². The summed E-state index contributed by atoms with van der Waals surface area (Å²) in [4.78, 5) is 27.6. The molecule has 166 valence electrons. The zero-order chi connectivity index (χ0) is 22.2. The van der Waals surface area contributed by atoms with Gasteiger partial charge in [-0.1, -0.05) is 6.07 Å². The van der Waals surface area contributed by atoms with Gasteiger partial charge in [0.25, 0.3) is 0 Å². The van der Waals surface area contributed by atoms with Crippen LogP contribution in [0.3, 0.4) is 0 Å². The van der Waals surface area contributed by atoms with Crippen LogP contribution in [0.5, 0.6) is 5.75 Å². The van der Waals surface area contributed by atoms with Crippen LogP contribution in [-0.2, 0) is 4.79 Å². The zero-order valence-corrected chi connectivity index (χ0v) is 17.6. The third-order valence-electron chi connectivity index (χ3n) is 5.11. The van der Waals surface area contributed by atoms with E-state index in [1.807, 2.05) is 4.90 Å². The number of aliphatic hydroxyl groups is 1. The number of benzene rings is 2. The summed E-state index contributed by atoms with van der Waals surface area (Å²) in [6, 6.07) is 12.7. The fraction of sp³-hybridized carbons (Fsp3) is 0.391. The Bertz CT molecular complexity index is 883. The van der Waals surface area contributed by atoms with Crippen molar-refractivity contribution in [3.05, 3.63) is 59.9 Å². The standard InChI is InChI=1S/C23H28FN3O4/c1-17(28)18-5-7-22(8-6-18)31-16-21(29)14-26-9-11-27(12-10-26)15-23(30)25-20-4-2-3-19(24)13-20/h2-8,13,21,29H,9-12,14-16H2,1H3,(H,25,30)/t21-/m0/s1. The number of ketones is 1. The number of amides is 1. The van der Waals surface area contributed by atoms with E-state index in [-0.39, 0.29) is 30.7 Å². The Morgan fingerprint density at radius 3 is 2.42 bits per heavy atom. The van der Waals surface area contributed by atoms with Gasteiger partial charge in [0, 0.05) is 44.0 Å². The summed E-state index contributed by atoms with van der Waals surface area (Å²) in [5.74, 6) is 0.0423. The maximum atomic E-state index is 13.2. The minimum absolute atomic E-state index is 0.00262.